The fourth-order valence-corrected chi connectivity index (χ4v) is 3.10. The third kappa shape index (κ3) is 5.51. The molecule has 0 unspecified atom stereocenters. The Hall–Kier alpha value is -1.57. The van der Waals surface area contributed by atoms with Crippen LogP contribution in [-0.4, -0.2) is 42.0 Å². The second kappa shape index (κ2) is 8.00. The quantitative estimate of drug-likeness (QED) is 0.835. The second-order valence-electron chi connectivity index (χ2n) is 5.76. The molecule has 8 heteroatoms. The van der Waals surface area contributed by atoms with Crippen LogP contribution >= 0.6 is 15.9 Å². The molecular weight excluding hydrogens is 389 g/mol. The largest absolute Gasteiger partial charge is 0.471 e. The van der Waals surface area contributed by atoms with E-state index in [2.05, 4.69) is 21.2 Å². The van der Waals surface area contributed by atoms with Crippen LogP contribution in [0.3, 0.4) is 0 Å². The van der Waals surface area contributed by atoms with Crippen molar-refractivity contribution < 1.29 is 22.8 Å². The standard InChI is InChI=1S/C16H18BrF3N2O2/c17-12-3-1-2-11(10-12)4-5-14(23)21-13-6-8-22(9-7-13)15(24)16(18,19)20/h1-3,10,13H,4-9H2,(H,21,23). The molecule has 0 spiro atoms. The van der Waals surface area contributed by atoms with Crippen LogP contribution in [0.15, 0.2) is 28.7 Å². The third-order valence-electron chi connectivity index (χ3n) is 3.92. The maximum absolute atomic E-state index is 12.4. The molecule has 0 radical (unpaired) electrons. The van der Waals surface area contributed by atoms with Gasteiger partial charge in [0.25, 0.3) is 0 Å². The molecule has 1 N–H and O–H groups in total. The van der Waals surface area contributed by atoms with Gasteiger partial charge < -0.3 is 10.2 Å². The van der Waals surface area contributed by atoms with E-state index in [1.54, 1.807) is 0 Å². The summed E-state index contributed by atoms with van der Waals surface area (Å²) in [4.78, 5) is 23.9. The molecule has 0 aromatic heterocycles. The lowest BCUT2D eigenvalue weighted by atomic mass is 10.0. The van der Waals surface area contributed by atoms with Crippen LogP contribution in [0.4, 0.5) is 13.2 Å². The minimum Gasteiger partial charge on any atom is -0.353 e. The number of amides is 2. The Balaban J connectivity index is 1.73. The predicted octanol–water partition coefficient (Wildman–Crippen LogP) is 3.05. The van der Waals surface area contributed by atoms with Crippen LogP contribution in [0.1, 0.15) is 24.8 Å². The number of hydrogen-bond donors (Lipinski definition) is 1. The van der Waals surface area contributed by atoms with Crippen molar-refractivity contribution in [3.8, 4) is 0 Å². The van der Waals surface area contributed by atoms with Crippen molar-refractivity contribution in [2.75, 3.05) is 13.1 Å². The topological polar surface area (TPSA) is 49.4 Å². The molecule has 132 valence electrons. The number of alkyl halides is 3. The zero-order chi connectivity index (χ0) is 17.7. The van der Waals surface area contributed by atoms with Crippen LogP contribution in [-0.2, 0) is 16.0 Å². The third-order valence-corrected chi connectivity index (χ3v) is 4.41. The van der Waals surface area contributed by atoms with E-state index in [-0.39, 0.29) is 25.0 Å². The number of carbonyl (C=O) groups is 2. The highest BCUT2D eigenvalue weighted by Gasteiger charge is 2.43. The maximum atomic E-state index is 12.4. The Bertz CT molecular complexity index is 599. The average Bonchev–Trinajstić information content (AvgIpc) is 2.52. The van der Waals surface area contributed by atoms with E-state index < -0.39 is 12.1 Å². The van der Waals surface area contributed by atoms with Crippen LogP contribution in [0.2, 0.25) is 0 Å². The van der Waals surface area contributed by atoms with Gasteiger partial charge in [0.15, 0.2) is 0 Å². The van der Waals surface area contributed by atoms with Crippen molar-refractivity contribution in [2.24, 2.45) is 0 Å². The van der Waals surface area contributed by atoms with Gasteiger partial charge in [0.2, 0.25) is 5.91 Å². The summed E-state index contributed by atoms with van der Waals surface area (Å²) >= 11 is 3.37. The summed E-state index contributed by atoms with van der Waals surface area (Å²) in [6, 6.07) is 7.48. The van der Waals surface area contributed by atoms with E-state index in [0.717, 1.165) is 14.9 Å². The Morgan fingerprint density at radius 3 is 2.50 bits per heavy atom. The highest BCUT2D eigenvalue weighted by Crippen LogP contribution is 2.21. The average molecular weight is 407 g/mol. The van der Waals surface area contributed by atoms with E-state index in [1.165, 1.54) is 0 Å². The lowest BCUT2D eigenvalue weighted by Crippen LogP contribution is -2.50. The van der Waals surface area contributed by atoms with Crippen molar-refractivity contribution >= 4 is 27.7 Å². The SMILES string of the molecule is O=C(CCc1cccc(Br)c1)NC1CCN(C(=O)C(F)(F)F)CC1. The molecular formula is C16H18BrF3N2O2. The van der Waals surface area contributed by atoms with Crippen molar-refractivity contribution in [2.45, 2.75) is 37.9 Å². The molecule has 1 saturated heterocycles. The molecule has 0 atom stereocenters. The maximum Gasteiger partial charge on any atom is 0.471 e. The number of nitrogens with one attached hydrogen (secondary N) is 1. The molecule has 1 aliphatic heterocycles. The summed E-state index contributed by atoms with van der Waals surface area (Å²) < 4.78 is 38.0. The van der Waals surface area contributed by atoms with E-state index in [1.807, 2.05) is 24.3 Å². The van der Waals surface area contributed by atoms with Gasteiger partial charge in [0, 0.05) is 30.0 Å². The van der Waals surface area contributed by atoms with Crippen molar-refractivity contribution in [3.63, 3.8) is 0 Å². The molecule has 24 heavy (non-hydrogen) atoms. The first kappa shape index (κ1) is 18.8. The molecule has 4 nitrogen and oxygen atoms in total. The fourth-order valence-electron chi connectivity index (χ4n) is 2.66. The van der Waals surface area contributed by atoms with Gasteiger partial charge >= 0.3 is 12.1 Å². The highest BCUT2D eigenvalue weighted by molar-refractivity contribution is 9.10. The van der Waals surface area contributed by atoms with Crippen molar-refractivity contribution in [3.05, 3.63) is 34.3 Å². The van der Waals surface area contributed by atoms with Crippen LogP contribution < -0.4 is 5.32 Å². The fraction of sp³-hybridized carbons (Fsp3) is 0.500. The Kier molecular flexibility index (Phi) is 6.26. The first-order chi connectivity index (χ1) is 11.3. The van der Waals surface area contributed by atoms with E-state index in [9.17, 15) is 22.8 Å². The predicted molar refractivity (Wildman–Crippen MR) is 86.3 cm³/mol. The number of halogens is 4. The molecule has 1 aromatic rings. The number of piperidine rings is 1. The molecule has 2 rings (SSSR count). The minimum absolute atomic E-state index is 0.00885. The summed E-state index contributed by atoms with van der Waals surface area (Å²) in [5.41, 5.74) is 1.03. The number of hydrogen-bond acceptors (Lipinski definition) is 2. The van der Waals surface area contributed by atoms with Gasteiger partial charge in [-0.1, -0.05) is 28.1 Å². The van der Waals surface area contributed by atoms with Gasteiger partial charge in [-0.05, 0) is 37.0 Å². The van der Waals surface area contributed by atoms with E-state index >= 15 is 0 Å². The summed E-state index contributed by atoms with van der Waals surface area (Å²) in [7, 11) is 0. The van der Waals surface area contributed by atoms with Crippen LogP contribution in [0, 0.1) is 0 Å². The van der Waals surface area contributed by atoms with Gasteiger partial charge in [-0.15, -0.1) is 0 Å². The van der Waals surface area contributed by atoms with E-state index in [0.29, 0.717) is 25.7 Å². The Labute approximate surface area is 146 Å². The minimum atomic E-state index is -4.83. The van der Waals surface area contributed by atoms with Gasteiger partial charge in [-0.3, -0.25) is 9.59 Å². The van der Waals surface area contributed by atoms with Gasteiger partial charge in [-0.25, -0.2) is 0 Å². The summed E-state index contributed by atoms with van der Waals surface area (Å²) in [5.74, 6) is -1.93. The van der Waals surface area contributed by atoms with Crippen molar-refractivity contribution in [1.82, 2.24) is 10.2 Å². The Morgan fingerprint density at radius 1 is 1.25 bits per heavy atom. The van der Waals surface area contributed by atoms with Gasteiger partial charge in [-0.2, -0.15) is 13.2 Å². The molecule has 0 saturated carbocycles. The zero-order valence-corrected chi connectivity index (χ0v) is 14.5. The number of rotatable bonds is 4. The molecule has 1 aromatic carbocycles. The number of nitrogens with zero attached hydrogens (tertiary/aromatic N) is 1. The number of aryl methyl sites for hydroxylation is 1. The molecule has 1 aliphatic rings. The van der Waals surface area contributed by atoms with Crippen LogP contribution in [0.25, 0.3) is 0 Å². The lowest BCUT2D eigenvalue weighted by Gasteiger charge is -2.32. The van der Waals surface area contributed by atoms with Gasteiger partial charge in [0.1, 0.15) is 0 Å². The van der Waals surface area contributed by atoms with E-state index in [4.69, 9.17) is 0 Å². The lowest BCUT2D eigenvalue weighted by molar-refractivity contribution is -0.186. The molecule has 1 heterocycles. The number of likely N-dealkylation sites (tertiary alicyclic amines) is 1. The monoisotopic (exact) mass is 406 g/mol. The second-order valence-corrected chi connectivity index (χ2v) is 6.68. The highest BCUT2D eigenvalue weighted by atomic mass is 79.9. The molecule has 0 aliphatic carbocycles. The smallest absolute Gasteiger partial charge is 0.353 e. The molecule has 1 fully saturated rings. The molecule has 0 bridgehead atoms. The molecule has 2 amide bonds. The summed E-state index contributed by atoms with van der Waals surface area (Å²) in [6.07, 6.45) is -3.25. The number of carbonyl (C=O) groups excluding carboxylic acids is 2. The zero-order valence-electron chi connectivity index (χ0n) is 12.9. The van der Waals surface area contributed by atoms with Crippen molar-refractivity contribution in [1.29, 1.82) is 0 Å². The van der Waals surface area contributed by atoms with Gasteiger partial charge in [0.05, 0.1) is 0 Å². The summed E-state index contributed by atoms with van der Waals surface area (Å²) in [5, 5.41) is 2.83. The summed E-state index contributed by atoms with van der Waals surface area (Å²) in [6.45, 7) is 0.0177. The first-order valence-electron chi connectivity index (χ1n) is 7.65. The first-order valence-corrected chi connectivity index (χ1v) is 8.45. The Morgan fingerprint density at radius 2 is 1.92 bits per heavy atom. The number of benzene rings is 1. The van der Waals surface area contributed by atoms with Crippen LogP contribution in [0.5, 0.6) is 0 Å². The normalized spacial score (nSPS) is 16.1.